The molecule has 1 aliphatic rings. The first kappa shape index (κ1) is 21.4. The number of amides is 1. The van der Waals surface area contributed by atoms with E-state index in [1.165, 1.54) is 23.9 Å². The summed E-state index contributed by atoms with van der Waals surface area (Å²) < 4.78 is 20.7. The number of thioether (sulfide) groups is 1. The van der Waals surface area contributed by atoms with Crippen molar-refractivity contribution in [2.75, 3.05) is 44.5 Å². The average Bonchev–Trinajstić information content (AvgIpc) is 3.24. The molecule has 162 valence electrons. The van der Waals surface area contributed by atoms with Gasteiger partial charge in [-0.15, -0.1) is 0 Å². The number of rotatable bonds is 6. The zero-order valence-corrected chi connectivity index (χ0v) is 18.4. The summed E-state index contributed by atoms with van der Waals surface area (Å²) >= 11 is 1.44. The number of carbonyl (C=O) groups excluding carboxylic acids is 1. The Morgan fingerprint density at radius 2 is 1.87 bits per heavy atom. The molecule has 0 bridgehead atoms. The maximum atomic E-state index is 13.4. The molecule has 3 aromatic rings. The Labute approximate surface area is 185 Å². The lowest BCUT2D eigenvalue weighted by atomic mass is 10.1. The summed E-state index contributed by atoms with van der Waals surface area (Å²) in [6, 6.07) is 14.2. The molecule has 6 nitrogen and oxygen atoms in total. The molecule has 31 heavy (non-hydrogen) atoms. The Hall–Kier alpha value is -2.84. The molecular weight excluding hydrogens is 415 g/mol. The SMILES string of the molecule is CSc1ncc(C(=O)N(C)Cc2ccccc2N2CCOCC2)n1-c1ccc(F)cc1. The zero-order valence-electron chi connectivity index (χ0n) is 17.6. The van der Waals surface area contributed by atoms with Crippen molar-refractivity contribution >= 4 is 23.4 Å². The first-order valence-electron chi connectivity index (χ1n) is 10.1. The molecule has 1 fully saturated rings. The van der Waals surface area contributed by atoms with Crippen LogP contribution in [0.4, 0.5) is 10.1 Å². The molecule has 4 rings (SSSR count). The van der Waals surface area contributed by atoms with Gasteiger partial charge in [0.1, 0.15) is 11.5 Å². The van der Waals surface area contributed by atoms with Crippen molar-refractivity contribution in [3.8, 4) is 5.69 Å². The maximum Gasteiger partial charge on any atom is 0.272 e. The monoisotopic (exact) mass is 440 g/mol. The van der Waals surface area contributed by atoms with Crippen molar-refractivity contribution in [1.29, 1.82) is 0 Å². The second-order valence-electron chi connectivity index (χ2n) is 7.33. The summed E-state index contributed by atoms with van der Waals surface area (Å²) in [7, 11) is 1.79. The molecular formula is C23H25FN4O2S. The van der Waals surface area contributed by atoms with Gasteiger partial charge in [0.2, 0.25) is 0 Å². The number of hydrogen-bond acceptors (Lipinski definition) is 5. The number of hydrogen-bond donors (Lipinski definition) is 0. The summed E-state index contributed by atoms with van der Waals surface area (Å²) in [5.74, 6) is -0.465. The molecule has 1 saturated heterocycles. The van der Waals surface area contributed by atoms with Crippen molar-refractivity contribution in [3.05, 3.63) is 71.8 Å². The quantitative estimate of drug-likeness (QED) is 0.545. The van der Waals surface area contributed by atoms with E-state index in [-0.39, 0.29) is 11.7 Å². The van der Waals surface area contributed by atoms with E-state index in [1.807, 2.05) is 18.4 Å². The second kappa shape index (κ2) is 9.53. The Kier molecular flexibility index (Phi) is 6.58. The zero-order chi connectivity index (χ0) is 21.8. The molecule has 0 saturated carbocycles. The van der Waals surface area contributed by atoms with Crippen LogP contribution in [0, 0.1) is 5.82 Å². The van der Waals surface area contributed by atoms with Crippen LogP contribution in [-0.4, -0.2) is 60.0 Å². The van der Waals surface area contributed by atoms with Crippen LogP contribution in [0.2, 0.25) is 0 Å². The molecule has 0 aliphatic carbocycles. The molecule has 0 spiro atoms. The Morgan fingerprint density at radius 3 is 2.58 bits per heavy atom. The Bertz CT molecular complexity index is 1050. The minimum Gasteiger partial charge on any atom is -0.378 e. The highest BCUT2D eigenvalue weighted by molar-refractivity contribution is 7.98. The first-order valence-corrected chi connectivity index (χ1v) is 11.3. The second-order valence-corrected chi connectivity index (χ2v) is 8.10. The van der Waals surface area contributed by atoms with E-state index in [9.17, 15) is 9.18 Å². The lowest BCUT2D eigenvalue weighted by Crippen LogP contribution is -2.37. The number of morpholine rings is 1. The summed E-state index contributed by atoms with van der Waals surface area (Å²) in [5, 5.41) is 0.678. The van der Waals surface area contributed by atoms with Crippen molar-refractivity contribution in [2.45, 2.75) is 11.7 Å². The lowest BCUT2D eigenvalue weighted by molar-refractivity contribution is 0.0776. The number of para-hydroxylation sites is 1. The van der Waals surface area contributed by atoms with Gasteiger partial charge in [-0.1, -0.05) is 30.0 Å². The third-order valence-electron chi connectivity index (χ3n) is 5.31. The number of anilines is 1. The molecule has 0 radical (unpaired) electrons. The molecule has 1 aromatic heterocycles. The normalized spacial score (nSPS) is 14.0. The number of benzene rings is 2. The molecule has 0 atom stereocenters. The average molecular weight is 441 g/mol. The van der Waals surface area contributed by atoms with Crippen LogP contribution in [0.1, 0.15) is 16.1 Å². The van der Waals surface area contributed by atoms with Crippen LogP contribution >= 0.6 is 11.8 Å². The standard InChI is InChI=1S/C23H25FN4O2S/c1-26(16-17-5-3-4-6-20(17)27-11-13-30-14-12-27)22(29)21-15-25-23(31-2)28(21)19-9-7-18(24)8-10-19/h3-10,15H,11-14,16H2,1-2H3. The highest BCUT2D eigenvalue weighted by Gasteiger charge is 2.22. The van der Waals surface area contributed by atoms with Crippen molar-refractivity contribution in [1.82, 2.24) is 14.5 Å². The summed E-state index contributed by atoms with van der Waals surface area (Å²) in [6.45, 7) is 3.55. The van der Waals surface area contributed by atoms with Crippen LogP contribution in [0.3, 0.4) is 0 Å². The van der Waals surface area contributed by atoms with E-state index in [2.05, 4.69) is 22.0 Å². The predicted octanol–water partition coefficient (Wildman–Crippen LogP) is 3.84. The lowest BCUT2D eigenvalue weighted by Gasteiger charge is -2.31. The fourth-order valence-electron chi connectivity index (χ4n) is 3.75. The smallest absolute Gasteiger partial charge is 0.272 e. The van der Waals surface area contributed by atoms with E-state index in [4.69, 9.17) is 4.74 Å². The van der Waals surface area contributed by atoms with Gasteiger partial charge in [0.05, 0.1) is 19.4 Å². The van der Waals surface area contributed by atoms with Crippen molar-refractivity contribution in [2.24, 2.45) is 0 Å². The van der Waals surface area contributed by atoms with Crippen LogP contribution in [0.25, 0.3) is 5.69 Å². The van der Waals surface area contributed by atoms with Gasteiger partial charge in [0, 0.05) is 38.1 Å². The topological polar surface area (TPSA) is 50.6 Å². The van der Waals surface area contributed by atoms with Gasteiger partial charge in [0.15, 0.2) is 5.16 Å². The first-order chi connectivity index (χ1) is 15.1. The van der Waals surface area contributed by atoms with Crippen LogP contribution in [0.15, 0.2) is 59.9 Å². The van der Waals surface area contributed by atoms with Crippen LogP contribution in [0.5, 0.6) is 0 Å². The van der Waals surface area contributed by atoms with Gasteiger partial charge >= 0.3 is 0 Å². The van der Waals surface area contributed by atoms with E-state index < -0.39 is 0 Å². The number of halogens is 1. The third kappa shape index (κ3) is 4.60. The number of ether oxygens (including phenoxy) is 1. The number of nitrogens with zero attached hydrogens (tertiary/aromatic N) is 4. The van der Waals surface area contributed by atoms with E-state index in [0.717, 1.165) is 24.3 Å². The fraction of sp³-hybridized carbons (Fsp3) is 0.304. The number of aromatic nitrogens is 2. The third-order valence-corrected chi connectivity index (χ3v) is 5.97. The minimum atomic E-state index is -0.320. The van der Waals surface area contributed by atoms with Crippen molar-refractivity contribution in [3.63, 3.8) is 0 Å². The number of imidazole rings is 1. The Balaban J connectivity index is 1.60. The van der Waals surface area contributed by atoms with E-state index in [0.29, 0.717) is 36.3 Å². The van der Waals surface area contributed by atoms with E-state index >= 15 is 0 Å². The van der Waals surface area contributed by atoms with Gasteiger partial charge in [-0.2, -0.15) is 0 Å². The molecule has 1 aliphatic heterocycles. The summed E-state index contributed by atoms with van der Waals surface area (Å²) in [6.07, 6.45) is 3.49. The van der Waals surface area contributed by atoms with Gasteiger partial charge in [-0.25, -0.2) is 9.37 Å². The maximum absolute atomic E-state index is 13.4. The van der Waals surface area contributed by atoms with Gasteiger partial charge < -0.3 is 14.5 Å². The largest absolute Gasteiger partial charge is 0.378 e. The highest BCUT2D eigenvalue weighted by atomic mass is 32.2. The summed E-state index contributed by atoms with van der Waals surface area (Å²) in [4.78, 5) is 21.8. The molecule has 2 aromatic carbocycles. The molecule has 1 amide bonds. The van der Waals surface area contributed by atoms with E-state index in [1.54, 1.807) is 34.8 Å². The van der Waals surface area contributed by atoms with Crippen LogP contribution < -0.4 is 4.90 Å². The molecule has 0 unspecified atom stereocenters. The van der Waals surface area contributed by atoms with Gasteiger partial charge in [-0.05, 0) is 42.2 Å². The molecule has 2 heterocycles. The fourth-order valence-corrected chi connectivity index (χ4v) is 4.29. The van der Waals surface area contributed by atoms with Crippen LogP contribution in [-0.2, 0) is 11.3 Å². The highest BCUT2D eigenvalue weighted by Crippen LogP contribution is 2.25. The van der Waals surface area contributed by atoms with Gasteiger partial charge in [0.25, 0.3) is 5.91 Å². The minimum absolute atomic E-state index is 0.145. The Morgan fingerprint density at radius 1 is 1.16 bits per heavy atom. The molecule has 8 heteroatoms. The summed E-state index contributed by atoms with van der Waals surface area (Å²) in [5.41, 5.74) is 3.36. The van der Waals surface area contributed by atoms with Gasteiger partial charge in [-0.3, -0.25) is 9.36 Å². The molecule has 0 N–H and O–H groups in total. The predicted molar refractivity (Wildman–Crippen MR) is 121 cm³/mol. The number of carbonyl (C=O) groups is 1. The van der Waals surface area contributed by atoms with Crippen molar-refractivity contribution < 1.29 is 13.9 Å².